The zero-order valence-corrected chi connectivity index (χ0v) is 15.6. The number of amides is 1. The molecular formula is C20H24N2O3S. The Bertz CT molecular complexity index is 732. The number of hydrogen-bond donors (Lipinski definition) is 3. The lowest BCUT2D eigenvalue weighted by atomic mass is 10.2. The number of rotatable bonds is 8. The van der Waals surface area contributed by atoms with Crippen LogP contribution in [0.1, 0.15) is 43.0 Å². The van der Waals surface area contributed by atoms with Crippen molar-refractivity contribution in [3.05, 3.63) is 54.1 Å². The zero-order chi connectivity index (χ0) is 18.8. The monoisotopic (exact) mass is 372 g/mol. The van der Waals surface area contributed by atoms with Gasteiger partial charge in [0.15, 0.2) is 5.11 Å². The molecule has 138 valence electrons. The fraction of sp³-hybridized carbons (Fsp3) is 0.300. The Morgan fingerprint density at radius 2 is 1.81 bits per heavy atom. The number of phenolic OH excluding ortho intramolecular Hbond substituents is 1. The lowest BCUT2D eigenvalue weighted by Crippen LogP contribution is -2.34. The Morgan fingerprint density at radius 3 is 2.54 bits per heavy atom. The molecule has 0 saturated heterocycles. The minimum atomic E-state index is -0.328. The van der Waals surface area contributed by atoms with Gasteiger partial charge in [-0.15, -0.1) is 0 Å². The summed E-state index contributed by atoms with van der Waals surface area (Å²) >= 11 is 5.18. The number of unbranched alkanes of at least 4 members (excludes halogenated alkanes) is 3. The number of hydrogen-bond acceptors (Lipinski definition) is 4. The van der Waals surface area contributed by atoms with Crippen molar-refractivity contribution in [1.82, 2.24) is 5.32 Å². The normalized spacial score (nSPS) is 10.2. The van der Waals surface area contributed by atoms with E-state index in [-0.39, 0.29) is 16.8 Å². The maximum absolute atomic E-state index is 12.5. The van der Waals surface area contributed by atoms with Gasteiger partial charge in [-0.3, -0.25) is 10.1 Å². The van der Waals surface area contributed by atoms with Gasteiger partial charge in [-0.1, -0.05) is 38.3 Å². The third-order valence-electron chi connectivity index (χ3n) is 3.74. The molecule has 0 fully saturated rings. The maximum Gasteiger partial charge on any atom is 0.261 e. The number of para-hydroxylation sites is 1. The van der Waals surface area contributed by atoms with E-state index in [1.54, 1.807) is 30.3 Å². The molecular weight excluding hydrogens is 348 g/mol. The highest BCUT2D eigenvalue weighted by atomic mass is 32.1. The van der Waals surface area contributed by atoms with Crippen molar-refractivity contribution >= 4 is 28.9 Å². The number of anilines is 1. The van der Waals surface area contributed by atoms with Gasteiger partial charge in [-0.05, 0) is 55.0 Å². The largest absolute Gasteiger partial charge is 0.508 e. The van der Waals surface area contributed by atoms with E-state index in [0.29, 0.717) is 23.6 Å². The molecule has 0 aliphatic heterocycles. The predicted octanol–water partition coefficient (Wildman–Crippen LogP) is 4.48. The standard InChI is InChI=1S/C20H24N2O3S/c1-2-3-4-7-14-25-18-9-6-5-8-17(18)19(24)22-20(26)21-15-10-12-16(23)13-11-15/h5-6,8-13,23H,2-4,7,14H2,1H3,(H2,21,22,24,26). The molecule has 0 atom stereocenters. The molecule has 0 bridgehead atoms. The van der Waals surface area contributed by atoms with Gasteiger partial charge in [0, 0.05) is 5.69 Å². The molecule has 0 saturated carbocycles. The SMILES string of the molecule is CCCCCCOc1ccccc1C(=O)NC(=S)Nc1ccc(O)cc1. The van der Waals surface area contributed by atoms with Crippen molar-refractivity contribution in [3.63, 3.8) is 0 Å². The van der Waals surface area contributed by atoms with Gasteiger partial charge >= 0.3 is 0 Å². The summed E-state index contributed by atoms with van der Waals surface area (Å²) in [5.41, 5.74) is 1.12. The quantitative estimate of drug-likeness (QED) is 0.362. The first-order valence-corrected chi connectivity index (χ1v) is 9.14. The van der Waals surface area contributed by atoms with Gasteiger partial charge < -0.3 is 15.2 Å². The summed E-state index contributed by atoms with van der Waals surface area (Å²) in [6, 6.07) is 13.5. The Hall–Kier alpha value is -2.60. The molecule has 3 N–H and O–H groups in total. The molecule has 6 heteroatoms. The summed E-state index contributed by atoms with van der Waals surface area (Å²) in [4.78, 5) is 12.5. The zero-order valence-electron chi connectivity index (χ0n) is 14.8. The third kappa shape index (κ3) is 6.37. The highest BCUT2D eigenvalue weighted by Gasteiger charge is 2.13. The third-order valence-corrected chi connectivity index (χ3v) is 3.94. The lowest BCUT2D eigenvalue weighted by molar-refractivity contribution is 0.0973. The van der Waals surface area contributed by atoms with Crippen LogP contribution in [0.15, 0.2) is 48.5 Å². The Morgan fingerprint density at radius 1 is 1.08 bits per heavy atom. The van der Waals surface area contributed by atoms with E-state index in [2.05, 4.69) is 17.6 Å². The van der Waals surface area contributed by atoms with Crippen LogP contribution in [0.25, 0.3) is 0 Å². The minimum Gasteiger partial charge on any atom is -0.508 e. The number of carbonyl (C=O) groups is 1. The average molecular weight is 372 g/mol. The highest BCUT2D eigenvalue weighted by Crippen LogP contribution is 2.19. The fourth-order valence-electron chi connectivity index (χ4n) is 2.37. The van der Waals surface area contributed by atoms with Crippen molar-refractivity contribution in [2.75, 3.05) is 11.9 Å². The number of benzene rings is 2. The molecule has 5 nitrogen and oxygen atoms in total. The molecule has 26 heavy (non-hydrogen) atoms. The number of phenols is 1. The van der Waals surface area contributed by atoms with Crippen LogP contribution in [0.4, 0.5) is 5.69 Å². The Labute approximate surface area is 159 Å². The van der Waals surface area contributed by atoms with Crippen LogP contribution in [0.5, 0.6) is 11.5 Å². The van der Waals surface area contributed by atoms with E-state index in [1.165, 1.54) is 25.0 Å². The molecule has 0 spiro atoms. The van der Waals surface area contributed by atoms with E-state index < -0.39 is 0 Å². The summed E-state index contributed by atoms with van der Waals surface area (Å²) in [7, 11) is 0. The van der Waals surface area contributed by atoms with Gasteiger partial charge in [0.25, 0.3) is 5.91 Å². The molecule has 2 aromatic carbocycles. The molecule has 0 aliphatic carbocycles. The second-order valence-electron chi connectivity index (χ2n) is 5.86. The molecule has 0 radical (unpaired) electrons. The number of ether oxygens (including phenoxy) is 1. The first kappa shape index (κ1) is 19.7. The number of aromatic hydroxyl groups is 1. The number of carbonyl (C=O) groups excluding carboxylic acids is 1. The van der Waals surface area contributed by atoms with E-state index in [0.717, 1.165) is 12.8 Å². The molecule has 0 aliphatic rings. The highest BCUT2D eigenvalue weighted by molar-refractivity contribution is 7.80. The van der Waals surface area contributed by atoms with Gasteiger partial charge in [0.05, 0.1) is 12.2 Å². The summed E-state index contributed by atoms with van der Waals surface area (Å²) in [6.45, 7) is 2.75. The summed E-state index contributed by atoms with van der Waals surface area (Å²) in [5.74, 6) is 0.384. The first-order valence-electron chi connectivity index (χ1n) is 8.73. The van der Waals surface area contributed by atoms with Crippen molar-refractivity contribution in [2.24, 2.45) is 0 Å². The van der Waals surface area contributed by atoms with Crippen LogP contribution >= 0.6 is 12.2 Å². The molecule has 1 amide bonds. The van der Waals surface area contributed by atoms with E-state index in [4.69, 9.17) is 17.0 Å². The molecule has 2 rings (SSSR count). The Kier molecular flexibility index (Phi) is 7.89. The smallest absolute Gasteiger partial charge is 0.261 e. The summed E-state index contributed by atoms with van der Waals surface area (Å²) in [6.07, 6.45) is 4.43. The molecule has 0 aromatic heterocycles. The van der Waals surface area contributed by atoms with Crippen LogP contribution in [0.3, 0.4) is 0 Å². The second-order valence-corrected chi connectivity index (χ2v) is 6.27. The second kappa shape index (κ2) is 10.4. The number of thiocarbonyl (C=S) groups is 1. The van der Waals surface area contributed by atoms with Gasteiger partial charge in [0.2, 0.25) is 0 Å². The lowest BCUT2D eigenvalue weighted by Gasteiger charge is -2.13. The van der Waals surface area contributed by atoms with Crippen molar-refractivity contribution < 1.29 is 14.6 Å². The fourth-order valence-corrected chi connectivity index (χ4v) is 2.58. The van der Waals surface area contributed by atoms with Crippen molar-refractivity contribution in [1.29, 1.82) is 0 Å². The van der Waals surface area contributed by atoms with Crippen LogP contribution in [-0.4, -0.2) is 22.7 Å². The minimum absolute atomic E-state index is 0.163. The van der Waals surface area contributed by atoms with Crippen molar-refractivity contribution in [3.8, 4) is 11.5 Å². The van der Waals surface area contributed by atoms with Gasteiger partial charge in [-0.25, -0.2) is 0 Å². The topological polar surface area (TPSA) is 70.6 Å². The first-order chi connectivity index (χ1) is 12.6. The van der Waals surface area contributed by atoms with Crippen LogP contribution < -0.4 is 15.4 Å². The van der Waals surface area contributed by atoms with E-state index >= 15 is 0 Å². The van der Waals surface area contributed by atoms with Crippen LogP contribution in [0, 0.1) is 0 Å². The molecule has 0 heterocycles. The van der Waals surface area contributed by atoms with Crippen molar-refractivity contribution in [2.45, 2.75) is 32.6 Å². The van der Waals surface area contributed by atoms with Gasteiger partial charge in [0.1, 0.15) is 11.5 Å². The summed E-state index contributed by atoms with van der Waals surface area (Å²) < 4.78 is 5.77. The number of nitrogens with one attached hydrogen (secondary N) is 2. The molecule has 0 unspecified atom stereocenters. The molecule has 2 aromatic rings. The average Bonchev–Trinajstić information content (AvgIpc) is 2.63. The maximum atomic E-state index is 12.5. The van der Waals surface area contributed by atoms with Gasteiger partial charge in [-0.2, -0.15) is 0 Å². The van der Waals surface area contributed by atoms with E-state index in [1.807, 2.05) is 6.07 Å². The van der Waals surface area contributed by atoms with Crippen LogP contribution in [-0.2, 0) is 0 Å². The predicted molar refractivity (Wildman–Crippen MR) is 108 cm³/mol. The van der Waals surface area contributed by atoms with E-state index in [9.17, 15) is 9.90 Å². The summed E-state index contributed by atoms with van der Waals surface area (Å²) in [5, 5.41) is 15.0. The Balaban J connectivity index is 1.91. The van der Waals surface area contributed by atoms with Crippen LogP contribution in [0.2, 0.25) is 0 Å².